The van der Waals surface area contributed by atoms with Gasteiger partial charge in [0.1, 0.15) is 0 Å². The Balaban J connectivity index is 1.57. The second kappa shape index (κ2) is 8.67. The number of anilines is 1. The zero-order valence-electron chi connectivity index (χ0n) is 14.9. The van der Waals surface area contributed by atoms with Crippen LogP contribution >= 0.6 is 22.6 Å². The lowest BCUT2D eigenvalue weighted by molar-refractivity contribution is -0.116. The average Bonchev–Trinajstić information content (AvgIpc) is 2.99. The number of aryl methyl sites for hydroxylation is 2. The van der Waals surface area contributed by atoms with Crippen LogP contribution in [0.25, 0.3) is 0 Å². The first-order valence-electron chi connectivity index (χ1n) is 8.53. The van der Waals surface area contributed by atoms with Crippen LogP contribution in [0.1, 0.15) is 12.1 Å². The molecule has 1 aromatic carbocycles. The van der Waals surface area contributed by atoms with E-state index in [4.69, 9.17) is 4.74 Å². The highest BCUT2D eigenvalue weighted by molar-refractivity contribution is 14.1. The molecule has 1 aromatic heterocycles. The van der Waals surface area contributed by atoms with Gasteiger partial charge in [0.2, 0.25) is 15.9 Å². The van der Waals surface area contributed by atoms with Gasteiger partial charge in [-0.15, -0.1) is 0 Å². The molecular formula is C17H21IN4O4S. The lowest BCUT2D eigenvalue weighted by atomic mass is 10.3. The van der Waals surface area contributed by atoms with Crippen LogP contribution in [-0.4, -0.2) is 54.7 Å². The molecule has 1 aliphatic rings. The Morgan fingerprint density at radius 3 is 2.52 bits per heavy atom. The summed E-state index contributed by atoms with van der Waals surface area (Å²) in [5.74, 6) is -0.151. The van der Waals surface area contributed by atoms with Gasteiger partial charge in [-0.3, -0.25) is 9.48 Å². The number of carbonyl (C=O) groups excluding carboxylic acids is 1. The minimum Gasteiger partial charge on any atom is -0.379 e. The van der Waals surface area contributed by atoms with Gasteiger partial charge >= 0.3 is 0 Å². The molecular weight excluding hydrogens is 483 g/mol. The van der Waals surface area contributed by atoms with Crippen molar-refractivity contribution < 1.29 is 17.9 Å². The number of benzene rings is 1. The number of amides is 1. The van der Waals surface area contributed by atoms with Gasteiger partial charge < -0.3 is 10.1 Å². The standard InChI is InChI=1S/C17H21IN4O4S/c1-13-16(18)12-21(20-13)7-6-17(23)19-14-2-4-15(5-3-14)27(24,25)22-8-10-26-11-9-22/h2-5,12H,6-11H2,1H3,(H,19,23). The molecule has 0 atom stereocenters. The molecule has 0 saturated carbocycles. The second-order valence-corrected chi connectivity index (χ2v) is 9.26. The average molecular weight is 504 g/mol. The van der Waals surface area contributed by atoms with E-state index in [2.05, 4.69) is 33.0 Å². The number of carbonyl (C=O) groups is 1. The Morgan fingerprint density at radius 1 is 1.26 bits per heavy atom. The van der Waals surface area contributed by atoms with E-state index in [1.807, 2.05) is 13.1 Å². The van der Waals surface area contributed by atoms with Crippen LogP contribution in [0.4, 0.5) is 5.69 Å². The normalized spacial score (nSPS) is 15.6. The first-order valence-corrected chi connectivity index (χ1v) is 11.1. The molecule has 1 amide bonds. The molecule has 0 radical (unpaired) electrons. The van der Waals surface area contributed by atoms with Gasteiger partial charge in [-0.1, -0.05) is 0 Å². The highest BCUT2D eigenvalue weighted by Gasteiger charge is 2.26. The van der Waals surface area contributed by atoms with Crippen molar-refractivity contribution in [3.05, 3.63) is 39.7 Å². The third-order valence-electron chi connectivity index (χ3n) is 4.20. The fourth-order valence-electron chi connectivity index (χ4n) is 2.69. The summed E-state index contributed by atoms with van der Waals surface area (Å²) in [7, 11) is -3.53. The number of sulfonamides is 1. The predicted octanol–water partition coefficient (Wildman–Crippen LogP) is 1.85. The Labute approximate surface area is 172 Å². The summed E-state index contributed by atoms with van der Waals surface area (Å²) in [6.07, 6.45) is 2.18. The van der Waals surface area contributed by atoms with Gasteiger partial charge in [-0.05, 0) is 53.8 Å². The molecule has 0 aliphatic carbocycles. The Kier molecular flexibility index (Phi) is 6.50. The third-order valence-corrected chi connectivity index (χ3v) is 7.17. The number of aromatic nitrogens is 2. The van der Waals surface area contributed by atoms with Gasteiger partial charge in [0, 0.05) is 37.9 Å². The van der Waals surface area contributed by atoms with Crippen molar-refractivity contribution in [2.45, 2.75) is 24.8 Å². The summed E-state index contributed by atoms with van der Waals surface area (Å²) in [6.45, 7) is 3.92. The van der Waals surface area contributed by atoms with Crippen molar-refractivity contribution in [1.29, 1.82) is 0 Å². The minimum absolute atomic E-state index is 0.151. The van der Waals surface area contributed by atoms with E-state index in [-0.39, 0.29) is 17.2 Å². The molecule has 1 saturated heterocycles. The number of halogens is 1. The van der Waals surface area contributed by atoms with E-state index in [0.29, 0.717) is 38.5 Å². The minimum atomic E-state index is -3.53. The van der Waals surface area contributed by atoms with E-state index in [1.165, 1.54) is 16.4 Å². The molecule has 0 unspecified atom stereocenters. The molecule has 1 N–H and O–H groups in total. The quantitative estimate of drug-likeness (QED) is 0.607. The van der Waals surface area contributed by atoms with Crippen molar-refractivity contribution in [1.82, 2.24) is 14.1 Å². The molecule has 10 heteroatoms. The number of morpholine rings is 1. The summed E-state index contributed by atoms with van der Waals surface area (Å²) in [5.41, 5.74) is 1.50. The lowest BCUT2D eigenvalue weighted by Crippen LogP contribution is -2.40. The maximum atomic E-state index is 12.6. The molecule has 1 aliphatic heterocycles. The second-order valence-electron chi connectivity index (χ2n) is 6.16. The zero-order chi connectivity index (χ0) is 19.4. The number of hydrogen-bond acceptors (Lipinski definition) is 5. The highest BCUT2D eigenvalue weighted by atomic mass is 127. The highest BCUT2D eigenvalue weighted by Crippen LogP contribution is 2.19. The van der Waals surface area contributed by atoms with Crippen LogP contribution in [0.2, 0.25) is 0 Å². The lowest BCUT2D eigenvalue weighted by Gasteiger charge is -2.26. The summed E-state index contributed by atoms with van der Waals surface area (Å²) in [6, 6.07) is 6.23. The van der Waals surface area contributed by atoms with Gasteiger partial charge in [-0.25, -0.2) is 8.42 Å². The SMILES string of the molecule is Cc1nn(CCC(=O)Nc2ccc(S(=O)(=O)N3CCOCC3)cc2)cc1I. The van der Waals surface area contributed by atoms with E-state index in [1.54, 1.807) is 16.8 Å². The zero-order valence-corrected chi connectivity index (χ0v) is 17.9. The maximum Gasteiger partial charge on any atom is 0.243 e. The Bertz CT molecular complexity index is 886. The van der Waals surface area contributed by atoms with Crippen molar-refractivity contribution >= 4 is 44.2 Å². The molecule has 8 nitrogen and oxygen atoms in total. The summed E-state index contributed by atoms with van der Waals surface area (Å²) in [5, 5.41) is 7.10. The molecule has 27 heavy (non-hydrogen) atoms. The molecule has 2 heterocycles. The Hall–Kier alpha value is -1.50. The largest absolute Gasteiger partial charge is 0.379 e. The number of hydrogen-bond donors (Lipinski definition) is 1. The van der Waals surface area contributed by atoms with E-state index in [0.717, 1.165) is 9.26 Å². The van der Waals surface area contributed by atoms with Crippen molar-refractivity contribution in [2.24, 2.45) is 0 Å². The van der Waals surface area contributed by atoms with Crippen LogP contribution in [0, 0.1) is 10.5 Å². The summed E-state index contributed by atoms with van der Waals surface area (Å²) in [4.78, 5) is 12.3. The van der Waals surface area contributed by atoms with Crippen LogP contribution in [-0.2, 0) is 26.1 Å². The molecule has 1 fully saturated rings. The number of nitrogens with one attached hydrogen (secondary N) is 1. The first kappa shape index (κ1) is 20.2. The molecule has 2 aromatic rings. The van der Waals surface area contributed by atoms with Crippen molar-refractivity contribution in [3.8, 4) is 0 Å². The Morgan fingerprint density at radius 2 is 1.93 bits per heavy atom. The fraction of sp³-hybridized carbons (Fsp3) is 0.412. The molecule has 146 valence electrons. The van der Waals surface area contributed by atoms with E-state index >= 15 is 0 Å². The fourth-order valence-corrected chi connectivity index (χ4v) is 4.53. The van der Waals surface area contributed by atoms with Crippen LogP contribution in [0.5, 0.6) is 0 Å². The molecule has 3 rings (SSSR count). The van der Waals surface area contributed by atoms with Gasteiger partial charge in [0.15, 0.2) is 0 Å². The maximum absolute atomic E-state index is 12.6. The van der Waals surface area contributed by atoms with Crippen LogP contribution in [0.15, 0.2) is 35.4 Å². The summed E-state index contributed by atoms with van der Waals surface area (Å²) < 4.78 is 34.6. The van der Waals surface area contributed by atoms with Crippen molar-refractivity contribution in [3.63, 3.8) is 0 Å². The van der Waals surface area contributed by atoms with Crippen molar-refractivity contribution in [2.75, 3.05) is 31.6 Å². The molecule has 0 bridgehead atoms. The third kappa shape index (κ3) is 5.06. The first-order chi connectivity index (χ1) is 12.9. The number of rotatable bonds is 6. The van der Waals surface area contributed by atoms with E-state index in [9.17, 15) is 13.2 Å². The van der Waals surface area contributed by atoms with E-state index < -0.39 is 10.0 Å². The smallest absolute Gasteiger partial charge is 0.243 e. The van der Waals surface area contributed by atoms with Gasteiger partial charge in [-0.2, -0.15) is 9.40 Å². The molecule has 0 spiro atoms. The monoisotopic (exact) mass is 504 g/mol. The topological polar surface area (TPSA) is 93.5 Å². The van der Waals surface area contributed by atoms with Crippen LogP contribution < -0.4 is 5.32 Å². The summed E-state index contributed by atoms with van der Waals surface area (Å²) >= 11 is 2.20. The predicted molar refractivity (Wildman–Crippen MR) is 109 cm³/mol. The number of ether oxygens (including phenoxy) is 1. The van der Waals surface area contributed by atoms with Gasteiger partial charge in [0.05, 0.1) is 27.4 Å². The number of nitrogens with zero attached hydrogens (tertiary/aromatic N) is 3. The van der Waals surface area contributed by atoms with Crippen LogP contribution in [0.3, 0.4) is 0 Å². The van der Waals surface area contributed by atoms with Gasteiger partial charge in [0.25, 0.3) is 0 Å².